The minimum Gasteiger partial charge on any atom is -0.279 e. The first-order valence-electron chi connectivity index (χ1n) is 8.33. The first-order chi connectivity index (χ1) is 13.7. The highest BCUT2D eigenvalue weighted by Crippen LogP contribution is 2.25. The Hall–Kier alpha value is -3.01. The van der Waals surface area contributed by atoms with E-state index in [9.17, 15) is 21.2 Å². The molecule has 0 heterocycles. The molecule has 0 saturated carbocycles. The second kappa shape index (κ2) is 8.16. The number of anilines is 1. The van der Waals surface area contributed by atoms with Crippen LogP contribution in [0.15, 0.2) is 83.1 Å². The third kappa shape index (κ3) is 5.29. The van der Waals surface area contributed by atoms with Crippen molar-refractivity contribution in [2.45, 2.75) is 4.90 Å². The fraction of sp³-hybridized carbons (Fsp3) is 0. The number of primary sulfonamides is 1. The number of hydrogen-bond donors (Lipinski definition) is 2. The zero-order valence-electron chi connectivity index (χ0n) is 15.0. The van der Waals surface area contributed by atoms with Crippen LogP contribution in [-0.2, 0) is 20.0 Å². The Morgan fingerprint density at radius 2 is 1.41 bits per heavy atom. The number of hydrogen-bond acceptors (Lipinski definition) is 4. The second-order valence-corrected chi connectivity index (χ2v) is 9.16. The van der Waals surface area contributed by atoms with E-state index in [0.717, 1.165) is 28.7 Å². The fourth-order valence-electron chi connectivity index (χ4n) is 2.65. The summed E-state index contributed by atoms with van der Waals surface area (Å²) in [6.45, 7) is 0. The minimum atomic E-state index is -4.46. The van der Waals surface area contributed by atoms with Crippen LogP contribution in [0.5, 0.6) is 0 Å². The van der Waals surface area contributed by atoms with Gasteiger partial charge in [-0.05, 0) is 34.9 Å². The summed E-state index contributed by atoms with van der Waals surface area (Å²) >= 11 is 0. The minimum absolute atomic E-state index is 0.462. The third-order valence-corrected chi connectivity index (χ3v) is 5.94. The van der Waals surface area contributed by atoms with Gasteiger partial charge in [0.05, 0.1) is 11.1 Å². The maximum Gasteiger partial charge on any atom is 0.255 e. The van der Waals surface area contributed by atoms with Crippen LogP contribution in [0.2, 0.25) is 0 Å². The van der Waals surface area contributed by atoms with Gasteiger partial charge in [-0.3, -0.25) is 4.72 Å². The van der Waals surface area contributed by atoms with Crippen LogP contribution in [0.1, 0.15) is 5.56 Å². The van der Waals surface area contributed by atoms with Crippen LogP contribution in [-0.4, -0.2) is 16.8 Å². The first-order valence-corrected chi connectivity index (χ1v) is 11.4. The van der Waals surface area contributed by atoms with E-state index >= 15 is 0 Å². The molecular formula is C20H17FN2O4S2. The summed E-state index contributed by atoms with van der Waals surface area (Å²) in [7, 11) is -8.57. The Bertz CT molecular complexity index is 1260. The van der Waals surface area contributed by atoms with Crippen molar-refractivity contribution in [3.8, 4) is 11.1 Å². The van der Waals surface area contributed by atoms with Gasteiger partial charge in [-0.1, -0.05) is 60.7 Å². The smallest absolute Gasteiger partial charge is 0.255 e. The molecule has 3 rings (SSSR count). The van der Waals surface area contributed by atoms with Gasteiger partial charge in [-0.2, -0.15) is 0 Å². The molecule has 150 valence electrons. The van der Waals surface area contributed by atoms with E-state index in [1.165, 1.54) is 12.1 Å². The van der Waals surface area contributed by atoms with Gasteiger partial charge in [0, 0.05) is 0 Å². The molecule has 0 aliphatic carbocycles. The Balaban J connectivity index is 1.82. The zero-order valence-corrected chi connectivity index (χ0v) is 16.6. The summed E-state index contributed by atoms with van der Waals surface area (Å²) in [6.07, 6.45) is 1.34. The van der Waals surface area contributed by atoms with Crippen molar-refractivity contribution in [2.75, 3.05) is 4.72 Å². The number of nitrogens with two attached hydrogens (primary N) is 1. The van der Waals surface area contributed by atoms with Gasteiger partial charge in [-0.15, -0.1) is 0 Å². The number of benzene rings is 3. The van der Waals surface area contributed by atoms with Gasteiger partial charge in [-0.25, -0.2) is 26.4 Å². The molecule has 0 amide bonds. The topological polar surface area (TPSA) is 106 Å². The van der Waals surface area contributed by atoms with Crippen molar-refractivity contribution in [3.63, 3.8) is 0 Å². The average molecular weight is 432 g/mol. The van der Waals surface area contributed by atoms with Crippen molar-refractivity contribution in [1.29, 1.82) is 0 Å². The average Bonchev–Trinajstić information content (AvgIpc) is 2.66. The molecular weight excluding hydrogens is 415 g/mol. The molecule has 0 saturated heterocycles. The van der Waals surface area contributed by atoms with Crippen LogP contribution in [0.25, 0.3) is 17.2 Å². The highest BCUT2D eigenvalue weighted by molar-refractivity contribution is 7.95. The molecule has 29 heavy (non-hydrogen) atoms. The van der Waals surface area contributed by atoms with E-state index in [1.807, 2.05) is 47.2 Å². The number of rotatable bonds is 6. The van der Waals surface area contributed by atoms with Gasteiger partial charge in [0.25, 0.3) is 10.0 Å². The maximum atomic E-state index is 13.8. The lowest BCUT2D eigenvalue weighted by Crippen LogP contribution is -2.19. The Morgan fingerprint density at radius 1 is 0.793 bits per heavy atom. The van der Waals surface area contributed by atoms with Gasteiger partial charge in [0.2, 0.25) is 10.0 Å². The summed E-state index contributed by atoms with van der Waals surface area (Å²) in [5.74, 6) is -1.15. The van der Waals surface area contributed by atoms with Crippen LogP contribution >= 0.6 is 0 Å². The fourth-order valence-corrected chi connectivity index (χ4v) is 4.36. The summed E-state index contributed by atoms with van der Waals surface area (Å²) < 4.78 is 63.6. The van der Waals surface area contributed by atoms with Crippen LogP contribution < -0.4 is 9.86 Å². The molecule has 0 spiro atoms. The predicted octanol–water partition coefficient (Wildman–Crippen LogP) is 3.55. The highest BCUT2D eigenvalue weighted by atomic mass is 32.2. The van der Waals surface area contributed by atoms with E-state index < -0.39 is 36.4 Å². The molecule has 3 N–H and O–H groups in total. The molecule has 0 atom stereocenters. The number of nitrogens with one attached hydrogen (secondary N) is 1. The maximum absolute atomic E-state index is 13.8. The van der Waals surface area contributed by atoms with E-state index in [2.05, 4.69) is 0 Å². The Kier molecular flexibility index (Phi) is 5.83. The van der Waals surface area contributed by atoms with Crippen LogP contribution in [0.3, 0.4) is 0 Å². The van der Waals surface area contributed by atoms with E-state index in [1.54, 1.807) is 12.1 Å². The summed E-state index contributed by atoms with van der Waals surface area (Å²) in [4.78, 5) is -0.913. The lowest BCUT2D eigenvalue weighted by molar-refractivity contribution is 0.569. The summed E-state index contributed by atoms with van der Waals surface area (Å²) in [6, 6.07) is 20.0. The largest absolute Gasteiger partial charge is 0.279 e. The molecule has 0 fully saturated rings. The van der Waals surface area contributed by atoms with E-state index in [4.69, 9.17) is 5.14 Å². The van der Waals surface area contributed by atoms with Gasteiger partial charge < -0.3 is 0 Å². The van der Waals surface area contributed by atoms with E-state index in [0.29, 0.717) is 5.56 Å². The van der Waals surface area contributed by atoms with Gasteiger partial charge in [0.1, 0.15) is 10.7 Å². The molecule has 0 aliphatic heterocycles. The molecule has 3 aromatic carbocycles. The zero-order chi connectivity index (χ0) is 21.1. The molecule has 0 unspecified atom stereocenters. The number of halogens is 1. The van der Waals surface area contributed by atoms with E-state index in [-0.39, 0.29) is 0 Å². The molecule has 0 aliphatic rings. The van der Waals surface area contributed by atoms with Gasteiger partial charge in [0.15, 0.2) is 0 Å². The van der Waals surface area contributed by atoms with Crippen molar-refractivity contribution >= 4 is 31.8 Å². The lowest BCUT2D eigenvalue weighted by atomic mass is 10.0. The molecule has 0 radical (unpaired) electrons. The normalized spacial score (nSPS) is 12.2. The third-order valence-electron chi connectivity index (χ3n) is 3.96. The second-order valence-electron chi connectivity index (χ2n) is 6.10. The van der Waals surface area contributed by atoms with Crippen molar-refractivity contribution in [1.82, 2.24) is 0 Å². The number of sulfonamides is 2. The van der Waals surface area contributed by atoms with Crippen LogP contribution in [0, 0.1) is 5.82 Å². The molecule has 6 nitrogen and oxygen atoms in total. The summed E-state index contributed by atoms with van der Waals surface area (Å²) in [5, 5.41) is 5.85. The molecule has 0 aromatic heterocycles. The highest BCUT2D eigenvalue weighted by Gasteiger charge is 2.21. The first kappa shape index (κ1) is 20.7. The standard InChI is InChI=1S/C20H17FN2O4S2/c21-18-7-4-8-19(20(18)29(22,26)27)23-28(24,25)14-13-15-9-11-17(12-10-15)16-5-2-1-3-6-16/h1-14,23H,(H2,22,26,27). The SMILES string of the molecule is NS(=O)(=O)c1c(F)cccc1NS(=O)(=O)C=Cc1ccc(-c2ccccc2)cc1. The quantitative estimate of drug-likeness (QED) is 0.621. The Labute approximate surface area is 168 Å². The van der Waals surface area contributed by atoms with Gasteiger partial charge >= 0.3 is 0 Å². The lowest BCUT2D eigenvalue weighted by Gasteiger charge is -2.10. The summed E-state index contributed by atoms with van der Waals surface area (Å²) in [5.41, 5.74) is 2.15. The van der Waals surface area contributed by atoms with Crippen molar-refractivity contribution in [3.05, 3.63) is 89.6 Å². The predicted molar refractivity (Wildman–Crippen MR) is 111 cm³/mol. The monoisotopic (exact) mass is 432 g/mol. The molecule has 3 aromatic rings. The Morgan fingerprint density at radius 3 is 2.03 bits per heavy atom. The van der Waals surface area contributed by atoms with Crippen LogP contribution in [0.4, 0.5) is 10.1 Å². The molecule has 9 heteroatoms. The molecule has 0 bridgehead atoms. The van der Waals surface area contributed by atoms with Crippen molar-refractivity contribution in [2.24, 2.45) is 5.14 Å². The van der Waals surface area contributed by atoms with Crippen molar-refractivity contribution < 1.29 is 21.2 Å².